The van der Waals surface area contributed by atoms with E-state index in [1.165, 1.54) is 27.3 Å². The molecule has 6 heteroatoms. The van der Waals surface area contributed by atoms with E-state index in [4.69, 9.17) is 9.47 Å². The Balaban J connectivity index is 1.67. The average Bonchev–Trinajstić information content (AvgIpc) is 3.05. The molecule has 0 spiro atoms. The molecule has 1 aliphatic rings. The maximum Gasteiger partial charge on any atom is 0.121 e. The zero-order valence-electron chi connectivity index (χ0n) is 17.4. The number of nitrogens with zero attached hydrogens (tertiary/aromatic N) is 3. The van der Waals surface area contributed by atoms with Gasteiger partial charge in [-0.2, -0.15) is 5.10 Å². The third kappa shape index (κ3) is 4.22. The van der Waals surface area contributed by atoms with Crippen LogP contribution in [0.2, 0.25) is 0 Å². The van der Waals surface area contributed by atoms with E-state index in [2.05, 4.69) is 53.5 Å². The van der Waals surface area contributed by atoms with Crippen LogP contribution < -0.4 is 14.4 Å². The van der Waals surface area contributed by atoms with Gasteiger partial charge in [-0.05, 0) is 48.7 Å². The molecule has 3 aromatic rings. The molecule has 1 atom stereocenters. The first-order chi connectivity index (χ1) is 14.1. The van der Waals surface area contributed by atoms with Crippen LogP contribution in [0.25, 0.3) is 0 Å². The number of thioether (sulfide) groups is 1. The van der Waals surface area contributed by atoms with Gasteiger partial charge in [-0.1, -0.05) is 12.1 Å². The van der Waals surface area contributed by atoms with Crippen LogP contribution in [0, 0.1) is 6.92 Å². The van der Waals surface area contributed by atoms with Crippen molar-refractivity contribution >= 4 is 17.4 Å². The first-order valence-electron chi connectivity index (χ1n) is 9.79. The molecule has 0 amide bonds. The molecule has 0 saturated carbocycles. The van der Waals surface area contributed by atoms with Gasteiger partial charge in [0, 0.05) is 42.0 Å². The van der Waals surface area contributed by atoms with E-state index in [0.717, 1.165) is 31.0 Å². The van der Waals surface area contributed by atoms with E-state index < -0.39 is 0 Å². The first-order valence-corrected chi connectivity index (χ1v) is 10.7. The van der Waals surface area contributed by atoms with Gasteiger partial charge in [-0.3, -0.25) is 4.68 Å². The third-order valence-corrected chi connectivity index (χ3v) is 6.73. The van der Waals surface area contributed by atoms with Gasteiger partial charge in [-0.15, -0.1) is 11.8 Å². The average molecular weight is 410 g/mol. The molecule has 0 radical (unpaired) electrons. The predicted molar refractivity (Wildman–Crippen MR) is 118 cm³/mol. The molecule has 1 aromatic heterocycles. The van der Waals surface area contributed by atoms with Gasteiger partial charge in [0.05, 0.1) is 26.1 Å². The number of hydrogen-bond donors (Lipinski definition) is 0. The molecule has 5 nitrogen and oxygen atoms in total. The Morgan fingerprint density at radius 1 is 1.14 bits per heavy atom. The van der Waals surface area contributed by atoms with E-state index >= 15 is 0 Å². The van der Waals surface area contributed by atoms with Crippen LogP contribution in [0.4, 0.5) is 5.69 Å². The molecule has 0 unspecified atom stereocenters. The van der Waals surface area contributed by atoms with Crippen molar-refractivity contribution in [2.24, 2.45) is 7.05 Å². The zero-order valence-corrected chi connectivity index (χ0v) is 18.2. The molecule has 0 N–H and O–H groups in total. The smallest absolute Gasteiger partial charge is 0.121 e. The number of fused-ring (bicyclic) bond motifs is 1. The molecule has 0 bridgehead atoms. The molecule has 0 saturated heterocycles. The third-order valence-electron chi connectivity index (χ3n) is 5.36. The SMILES string of the molecule is COc1ccc2c(c1)S[C@H](c1ccc(OC)c(C)c1)CCN2Cc1cnn(C)c1. The van der Waals surface area contributed by atoms with Crippen molar-refractivity contribution in [1.82, 2.24) is 9.78 Å². The minimum Gasteiger partial charge on any atom is -0.497 e. The van der Waals surface area contributed by atoms with Gasteiger partial charge in [-0.25, -0.2) is 0 Å². The number of hydrogen-bond acceptors (Lipinski definition) is 5. The molecule has 4 rings (SSSR count). The van der Waals surface area contributed by atoms with E-state index in [-0.39, 0.29) is 0 Å². The molecule has 1 aliphatic heterocycles. The number of anilines is 1. The van der Waals surface area contributed by atoms with Crippen LogP contribution in [-0.4, -0.2) is 30.5 Å². The van der Waals surface area contributed by atoms with Crippen molar-refractivity contribution in [2.75, 3.05) is 25.7 Å². The van der Waals surface area contributed by atoms with Gasteiger partial charge in [0.1, 0.15) is 11.5 Å². The van der Waals surface area contributed by atoms with E-state index in [1.54, 1.807) is 14.2 Å². The molecule has 0 fully saturated rings. The summed E-state index contributed by atoms with van der Waals surface area (Å²) in [7, 11) is 5.41. The second-order valence-corrected chi connectivity index (χ2v) is 8.65. The van der Waals surface area contributed by atoms with Crippen LogP contribution in [0.15, 0.2) is 53.7 Å². The Hall–Kier alpha value is -2.60. The van der Waals surface area contributed by atoms with Crippen LogP contribution in [0.3, 0.4) is 0 Å². The summed E-state index contributed by atoms with van der Waals surface area (Å²) in [6, 6.07) is 12.9. The summed E-state index contributed by atoms with van der Waals surface area (Å²) in [5.74, 6) is 1.83. The number of ether oxygens (including phenoxy) is 2. The van der Waals surface area contributed by atoms with E-state index in [1.807, 2.05) is 35.8 Å². The molecule has 0 aliphatic carbocycles. The quantitative estimate of drug-likeness (QED) is 0.594. The zero-order chi connectivity index (χ0) is 20.4. The van der Waals surface area contributed by atoms with Crippen LogP contribution in [0.5, 0.6) is 11.5 Å². The van der Waals surface area contributed by atoms with Crippen molar-refractivity contribution in [3.05, 3.63) is 65.5 Å². The van der Waals surface area contributed by atoms with Crippen LogP contribution in [-0.2, 0) is 13.6 Å². The van der Waals surface area contributed by atoms with Gasteiger partial charge in [0.2, 0.25) is 0 Å². The summed E-state index contributed by atoms with van der Waals surface area (Å²) >= 11 is 1.92. The second kappa shape index (κ2) is 8.41. The minimum atomic E-state index is 0.379. The second-order valence-electron chi connectivity index (χ2n) is 7.40. The lowest BCUT2D eigenvalue weighted by Gasteiger charge is -2.24. The number of benzene rings is 2. The lowest BCUT2D eigenvalue weighted by Crippen LogP contribution is -2.23. The minimum absolute atomic E-state index is 0.379. The summed E-state index contributed by atoms with van der Waals surface area (Å²) in [4.78, 5) is 3.71. The summed E-state index contributed by atoms with van der Waals surface area (Å²) < 4.78 is 12.8. The van der Waals surface area contributed by atoms with Crippen LogP contribution >= 0.6 is 11.8 Å². The summed E-state index contributed by atoms with van der Waals surface area (Å²) in [6.07, 6.45) is 5.10. The number of aromatic nitrogens is 2. The van der Waals surface area contributed by atoms with Crippen molar-refractivity contribution in [1.29, 1.82) is 0 Å². The Morgan fingerprint density at radius 2 is 2.00 bits per heavy atom. The maximum atomic E-state index is 5.51. The molecular formula is C23H27N3O2S. The lowest BCUT2D eigenvalue weighted by molar-refractivity contribution is 0.411. The Labute approximate surface area is 176 Å². The van der Waals surface area contributed by atoms with Gasteiger partial charge >= 0.3 is 0 Å². The molecule has 2 aromatic carbocycles. The molecule has 152 valence electrons. The number of aryl methyl sites for hydroxylation is 2. The molecule has 2 heterocycles. The topological polar surface area (TPSA) is 39.5 Å². The largest absolute Gasteiger partial charge is 0.497 e. The van der Waals surface area contributed by atoms with Crippen molar-refractivity contribution < 1.29 is 9.47 Å². The Morgan fingerprint density at radius 3 is 2.69 bits per heavy atom. The number of methoxy groups -OCH3 is 2. The monoisotopic (exact) mass is 409 g/mol. The van der Waals surface area contributed by atoms with Crippen LogP contribution in [0.1, 0.15) is 28.4 Å². The fraction of sp³-hybridized carbons (Fsp3) is 0.348. The highest BCUT2D eigenvalue weighted by molar-refractivity contribution is 7.99. The fourth-order valence-corrected chi connectivity index (χ4v) is 5.17. The molecule has 29 heavy (non-hydrogen) atoms. The Kier molecular flexibility index (Phi) is 5.72. The fourth-order valence-electron chi connectivity index (χ4n) is 3.86. The van der Waals surface area contributed by atoms with Crippen molar-refractivity contribution in [2.45, 2.75) is 30.0 Å². The van der Waals surface area contributed by atoms with Gasteiger partial charge in [0.15, 0.2) is 0 Å². The normalized spacial score (nSPS) is 16.3. The maximum absolute atomic E-state index is 5.51. The molecular weight excluding hydrogens is 382 g/mol. The Bertz CT molecular complexity index is 1000. The highest BCUT2D eigenvalue weighted by Crippen LogP contribution is 2.47. The van der Waals surface area contributed by atoms with Crippen molar-refractivity contribution in [3.63, 3.8) is 0 Å². The number of rotatable bonds is 5. The predicted octanol–water partition coefficient (Wildman–Crippen LogP) is 4.99. The summed E-state index contributed by atoms with van der Waals surface area (Å²) in [5.41, 5.74) is 4.99. The summed E-state index contributed by atoms with van der Waals surface area (Å²) in [6.45, 7) is 3.94. The van der Waals surface area contributed by atoms with Gasteiger partial charge in [0.25, 0.3) is 0 Å². The van der Waals surface area contributed by atoms with Crippen molar-refractivity contribution in [3.8, 4) is 11.5 Å². The van der Waals surface area contributed by atoms with E-state index in [9.17, 15) is 0 Å². The summed E-state index contributed by atoms with van der Waals surface area (Å²) in [5, 5.41) is 4.71. The van der Waals surface area contributed by atoms with Gasteiger partial charge < -0.3 is 14.4 Å². The highest BCUT2D eigenvalue weighted by Gasteiger charge is 2.24. The van der Waals surface area contributed by atoms with E-state index in [0.29, 0.717) is 5.25 Å². The standard InChI is InChI=1S/C23H27N3O2S/c1-16-11-18(5-8-21(16)28-4)22-9-10-26(15-17-13-24-25(2)14-17)20-7-6-19(27-3)12-23(20)29-22/h5-8,11-14,22H,9-10,15H2,1-4H3/t22-/m0/s1. The first kappa shape index (κ1) is 19.7. The lowest BCUT2D eigenvalue weighted by atomic mass is 10.1. The highest BCUT2D eigenvalue weighted by atomic mass is 32.2.